The number of pyridine rings is 1. The van der Waals surface area contributed by atoms with Crippen molar-refractivity contribution in [1.82, 2.24) is 14.9 Å². The Kier molecular flexibility index (Phi) is 6.55. The molecule has 1 unspecified atom stereocenters. The number of piperidine rings is 1. The number of aromatic nitrogens is 2. The predicted molar refractivity (Wildman–Crippen MR) is 124 cm³/mol. The van der Waals surface area contributed by atoms with E-state index < -0.39 is 0 Å². The summed E-state index contributed by atoms with van der Waals surface area (Å²) in [5.74, 6) is -0.0737. The number of anilines is 1. The molecule has 3 heterocycles. The molecule has 2 amide bonds. The molecule has 160 valence electrons. The number of carbonyl (C=O) groups is 2. The molecule has 6 nitrogen and oxygen atoms in total. The van der Waals surface area contributed by atoms with E-state index in [0.29, 0.717) is 39.5 Å². The molecule has 1 aliphatic rings. The lowest BCUT2D eigenvalue weighted by molar-refractivity contribution is -0.121. The molecule has 0 aliphatic carbocycles. The van der Waals surface area contributed by atoms with Crippen molar-refractivity contribution in [2.75, 3.05) is 18.4 Å². The van der Waals surface area contributed by atoms with Crippen LogP contribution in [0.3, 0.4) is 0 Å². The number of aryl methyl sites for hydroxylation is 1. The first kappa shape index (κ1) is 21.7. The number of benzene rings is 1. The average Bonchev–Trinajstić information content (AvgIpc) is 3.17. The van der Waals surface area contributed by atoms with Crippen LogP contribution in [0.15, 0.2) is 42.6 Å². The summed E-state index contributed by atoms with van der Waals surface area (Å²) in [4.78, 5) is 36.9. The number of thiazole rings is 1. The lowest BCUT2D eigenvalue weighted by Crippen LogP contribution is -2.43. The van der Waals surface area contributed by atoms with Crippen molar-refractivity contribution >= 4 is 52.2 Å². The Morgan fingerprint density at radius 2 is 1.87 bits per heavy atom. The number of nitrogens with one attached hydrogen (secondary N) is 1. The van der Waals surface area contributed by atoms with Crippen molar-refractivity contribution in [3.8, 4) is 10.6 Å². The first-order valence-electron chi connectivity index (χ1n) is 9.86. The second-order valence-electron chi connectivity index (χ2n) is 7.38. The number of hydrogen-bond donors (Lipinski definition) is 1. The number of amides is 2. The maximum atomic E-state index is 13.2. The molecule has 1 atom stereocenters. The van der Waals surface area contributed by atoms with Crippen molar-refractivity contribution in [1.29, 1.82) is 0 Å². The summed E-state index contributed by atoms with van der Waals surface area (Å²) >= 11 is 13.2. The number of carbonyl (C=O) groups excluding carboxylic acids is 2. The van der Waals surface area contributed by atoms with Crippen molar-refractivity contribution in [3.63, 3.8) is 0 Å². The monoisotopic (exact) mass is 474 g/mol. The van der Waals surface area contributed by atoms with Gasteiger partial charge >= 0.3 is 0 Å². The molecule has 1 aliphatic heterocycles. The minimum absolute atomic E-state index is 0.0858. The summed E-state index contributed by atoms with van der Waals surface area (Å²) in [5.41, 5.74) is 1.61. The fraction of sp³-hybridized carbons (Fsp3) is 0.273. The van der Waals surface area contributed by atoms with Crippen LogP contribution < -0.4 is 5.32 Å². The van der Waals surface area contributed by atoms with Crippen LogP contribution in [-0.2, 0) is 4.79 Å². The second kappa shape index (κ2) is 9.34. The lowest BCUT2D eigenvalue weighted by Gasteiger charge is -2.31. The highest BCUT2D eigenvalue weighted by atomic mass is 35.5. The van der Waals surface area contributed by atoms with Gasteiger partial charge in [0.1, 0.15) is 15.7 Å². The lowest BCUT2D eigenvalue weighted by atomic mass is 9.97. The molecule has 1 N–H and O–H groups in total. The SMILES string of the molecule is Cc1nc(-c2ccc(Cl)cc2)sc1C(=O)N1CCCC(C(=O)Nc2ccc(Cl)cn2)C1. The zero-order chi connectivity index (χ0) is 22.0. The molecule has 0 spiro atoms. The molecule has 0 saturated carbocycles. The van der Waals surface area contributed by atoms with Gasteiger partial charge in [-0.15, -0.1) is 11.3 Å². The van der Waals surface area contributed by atoms with E-state index >= 15 is 0 Å². The topological polar surface area (TPSA) is 75.2 Å². The zero-order valence-electron chi connectivity index (χ0n) is 16.8. The molecule has 1 fully saturated rings. The summed E-state index contributed by atoms with van der Waals surface area (Å²) in [6.07, 6.45) is 2.97. The van der Waals surface area contributed by atoms with Crippen LogP contribution in [0.4, 0.5) is 5.82 Å². The molecule has 4 rings (SSSR count). The van der Waals surface area contributed by atoms with E-state index in [2.05, 4.69) is 15.3 Å². The third-order valence-corrected chi connectivity index (χ3v) is 6.81. The Morgan fingerprint density at radius 3 is 2.58 bits per heavy atom. The molecule has 31 heavy (non-hydrogen) atoms. The van der Waals surface area contributed by atoms with Crippen molar-refractivity contribution in [3.05, 3.63) is 63.2 Å². The van der Waals surface area contributed by atoms with Crippen LogP contribution in [0, 0.1) is 12.8 Å². The maximum Gasteiger partial charge on any atom is 0.265 e. The number of hydrogen-bond acceptors (Lipinski definition) is 5. The molecule has 9 heteroatoms. The van der Waals surface area contributed by atoms with E-state index in [1.807, 2.05) is 19.1 Å². The molecular formula is C22H20Cl2N4O2S. The summed E-state index contributed by atoms with van der Waals surface area (Å²) in [5, 5.41) is 4.75. The van der Waals surface area contributed by atoms with Gasteiger partial charge in [0.2, 0.25) is 5.91 Å². The highest BCUT2D eigenvalue weighted by molar-refractivity contribution is 7.17. The Labute approximate surface area is 194 Å². The number of halogens is 2. The summed E-state index contributed by atoms with van der Waals surface area (Å²) in [6, 6.07) is 10.7. The van der Waals surface area contributed by atoms with Gasteiger partial charge in [-0.2, -0.15) is 0 Å². The van der Waals surface area contributed by atoms with Crippen LogP contribution in [-0.4, -0.2) is 39.8 Å². The van der Waals surface area contributed by atoms with Gasteiger partial charge in [0.15, 0.2) is 0 Å². The van der Waals surface area contributed by atoms with Crippen molar-refractivity contribution in [2.45, 2.75) is 19.8 Å². The molecule has 1 aromatic carbocycles. The van der Waals surface area contributed by atoms with Gasteiger partial charge in [-0.25, -0.2) is 9.97 Å². The van der Waals surface area contributed by atoms with Crippen LogP contribution in [0.5, 0.6) is 0 Å². The van der Waals surface area contributed by atoms with Crippen LogP contribution >= 0.6 is 34.5 Å². The van der Waals surface area contributed by atoms with Crippen molar-refractivity contribution in [2.24, 2.45) is 5.92 Å². The number of nitrogens with zero attached hydrogens (tertiary/aromatic N) is 3. The standard InChI is InChI=1S/C22H20Cl2N4O2S/c1-13-19(31-21(26-13)14-4-6-16(23)7-5-14)22(30)28-10-2-3-15(12-28)20(29)27-18-9-8-17(24)11-25-18/h4-9,11,15H,2-3,10,12H2,1H3,(H,25,27,29). The van der Waals surface area contributed by atoms with E-state index in [4.69, 9.17) is 23.2 Å². The van der Waals surface area contributed by atoms with Gasteiger partial charge in [0.05, 0.1) is 16.6 Å². The molecule has 3 aromatic rings. The highest BCUT2D eigenvalue weighted by Crippen LogP contribution is 2.31. The van der Waals surface area contributed by atoms with Gasteiger partial charge in [0, 0.05) is 29.9 Å². The minimum Gasteiger partial charge on any atom is -0.337 e. The zero-order valence-corrected chi connectivity index (χ0v) is 19.1. The fourth-order valence-electron chi connectivity index (χ4n) is 3.51. The Morgan fingerprint density at radius 1 is 1.13 bits per heavy atom. The molecular weight excluding hydrogens is 455 g/mol. The average molecular weight is 475 g/mol. The van der Waals surface area contributed by atoms with Gasteiger partial charge in [-0.3, -0.25) is 9.59 Å². The third-order valence-electron chi connectivity index (χ3n) is 5.14. The third kappa shape index (κ3) is 5.06. The molecule has 0 bridgehead atoms. The van der Waals surface area contributed by atoms with Gasteiger partial charge in [-0.05, 0) is 44.0 Å². The highest BCUT2D eigenvalue weighted by Gasteiger charge is 2.31. The number of likely N-dealkylation sites (tertiary alicyclic amines) is 1. The first-order chi connectivity index (χ1) is 14.9. The predicted octanol–water partition coefficient (Wildman–Crippen LogP) is 5.31. The van der Waals surface area contributed by atoms with Crippen LogP contribution in [0.25, 0.3) is 10.6 Å². The normalized spacial score (nSPS) is 16.2. The van der Waals surface area contributed by atoms with Gasteiger partial charge in [-0.1, -0.05) is 35.3 Å². The van der Waals surface area contributed by atoms with Crippen molar-refractivity contribution < 1.29 is 9.59 Å². The Hall–Kier alpha value is -2.48. The fourth-order valence-corrected chi connectivity index (χ4v) is 4.79. The van der Waals surface area contributed by atoms with E-state index in [9.17, 15) is 9.59 Å². The summed E-state index contributed by atoms with van der Waals surface area (Å²) in [6.45, 7) is 2.82. The second-order valence-corrected chi connectivity index (χ2v) is 9.25. The van der Waals surface area contributed by atoms with Gasteiger partial charge < -0.3 is 10.2 Å². The molecule has 0 radical (unpaired) electrons. The summed E-state index contributed by atoms with van der Waals surface area (Å²) < 4.78 is 0. The Balaban J connectivity index is 1.45. The van der Waals surface area contributed by atoms with Crippen LogP contribution in [0.1, 0.15) is 28.2 Å². The van der Waals surface area contributed by atoms with Crippen LogP contribution in [0.2, 0.25) is 10.0 Å². The Bertz CT molecular complexity index is 1100. The van der Waals surface area contributed by atoms with E-state index in [0.717, 1.165) is 23.4 Å². The maximum absolute atomic E-state index is 13.2. The summed E-state index contributed by atoms with van der Waals surface area (Å²) in [7, 11) is 0. The van der Waals surface area contributed by atoms with E-state index in [1.54, 1.807) is 29.2 Å². The largest absolute Gasteiger partial charge is 0.337 e. The minimum atomic E-state index is -0.292. The smallest absolute Gasteiger partial charge is 0.265 e. The molecule has 2 aromatic heterocycles. The molecule has 1 saturated heterocycles. The van der Waals surface area contributed by atoms with Gasteiger partial charge in [0.25, 0.3) is 5.91 Å². The number of rotatable bonds is 4. The first-order valence-corrected chi connectivity index (χ1v) is 11.4. The van der Waals surface area contributed by atoms with E-state index in [1.165, 1.54) is 17.5 Å². The van der Waals surface area contributed by atoms with E-state index in [-0.39, 0.29) is 17.7 Å². The quantitative estimate of drug-likeness (QED) is 0.555.